The Hall–Kier alpha value is -1.55. The van der Waals surface area contributed by atoms with Gasteiger partial charge in [0.2, 0.25) is 0 Å². The Kier molecular flexibility index (Phi) is 4.27. The molecule has 0 spiro atoms. The van der Waals surface area contributed by atoms with Crippen molar-refractivity contribution in [2.24, 2.45) is 5.92 Å². The zero-order valence-corrected chi connectivity index (χ0v) is 15.1. The molecule has 0 aliphatic carbocycles. The highest BCUT2D eigenvalue weighted by atomic mass is 32.2. The van der Waals surface area contributed by atoms with E-state index < -0.39 is 15.9 Å². The third-order valence-corrected chi connectivity index (χ3v) is 6.94. The summed E-state index contributed by atoms with van der Waals surface area (Å²) in [5.74, 6) is -0.162. The van der Waals surface area contributed by atoms with E-state index in [1.54, 1.807) is 17.6 Å². The second-order valence-electron chi connectivity index (χ2n) is 6.76. The Morgan fingerprint density at radius 2 is 2.16 bits per heavy atom. The van der Waals surface area contributed by atoms with Crippen LogP contribution in [0.3, 0.4) is 0 Å². The molecule has 2 aromatic heterocycles. The van der Waals surface area contributed by atoms with Crippen molar-refractivity contribution in [1.82, 2.24) is 15.2 Å². The van der Waals surface area contributed by atoms with Crippen molar-refractivity contribution in [2.75, 3.05) is 19.6 Å². The first kappa shape index (κ1) is 16.9. The summed E-state index contributed by atoms with van der Waals surface area (Å²) < 4.78 is 31.4. The van der Waals surface area contributed by atoms with Gasteiger partial charge in [0.15, 0.2) is 0 Å². The fourth-order valence-corrected chi connectivity index (χ4v) is 5.74. The number of aromatic nitrogens is 1. The zero-order valence-electron chi connectivity index (χ0n) is 13.5. The van der Waals surface area contributed by atoms with Crippen LogP contribution in [-0.4, -0.2) is 54.4 Å². The average Bonchev–Trinajstić information content (AvgIpc) is 2.96. The van der Waals surface area contributed by atoms with Crippen molar-refractivity contribution in [2.45, 2.75) is 24.6 Å². The average molecular weight is 381 g/mol. The first-order valence-corrected chi connectivity index (χ1v) is 10.7. The number of fused-ring (bicyclic) bond motifs is 4. The van der Waals surface area contributed by atoms with Gasteiger partial charge in [-0.2, -0.15) is 8.42 Å². The van der Waals surface area contributed by atoms with Crippen LogP contribution in [0.1, 0.15) is 28.2 Å². The van der Waals surface area contributed by atoms with E-state index in [0.717, 1.165) is 37.9 Å². The predicted octanol–water partition coefficient (Wildman–Crippen LogP) is 1.51. The second-order valence-corrected chi connectivity index (χ2v) is 9.18. The van der Waals surface area contributed by atoms with E-state index in [-0.39, 0.29) is 17.6 Å². The molecule has 2 N–H and O–H groups in total. The highest BCUT2D eigenvalue weighted by molar-refractivity contribution is 7.85. The van der Waals surface area contributed by atoms with Crippen LogP contribution < -0.4 is 5.32 Å². The number of pyridine rings is 1. The summed E-state index contributed by atoms with van der Waals surface area (Å²) in [6.07, 6.45) is 3.80. The molecule has 134 valence electrons. The third-order valence-electron chi connectivity index (χ3n) is 5.08. The van der Waals surface area contributed by atoms with Crippen LogP contribution >= 0.6 is 11.3 Å². The van der Waals surface area contributed by atoms with E-state index in [1.165, 1.54) is 11.3 Å². The maximum Gasteiger partial charge on any atom is 0.270 e. The lowest BCUT2D eigenvalue weighted by Crippen LogP contribution is -2.57. The lowest BCUT2D eigenvalue weighted by atomic mass is 9.84. The number of amides is 1. The Morgan fingerprint density at radius 3 is 2.80 bits per heavy atom. The molecule has 9 heteroatoms. The fraction of sp³-hybridized carbons (Fsp3) is 0.500. The summed E-state index contributed by atoms with van der Waals surface area (Å²) >= 11 is 1.24. The molecule has 3 aliphatic heterocycles. The molecule has 3 aliphatic rings. The third kappa shape index (κ3) is 3.55. The van der Waals surface area contributed by atoms with Crippen molar-refractivity contribution >= 4 is 38.1 Å². The molecule has 1 amide bonds. The Morgan fingerprint density at radius 1 is 1.40 bits per heavy atom. The minimum atomic E-state index is -4.12. The SMILES string of the molecule is O=C(NC1CN2CCC1CC2)c1cc2c(CS(=O)(=O)O)scc2cn1. The molecular formula is C16H19N3O4S2. The minimum absolute atomic E-state index is 0.146. The van der Waals surface area contributed by atoms with E-state index in [9.17, 15) is 13.2 Å². The molecule has 2 bridgehead atoms. The Labute approximate surface area is 149 Å². The molecule has 2 aromatic rings. The van der Waals surface area contributed by atoms with Crippen LogP contribution in [0, 0.1) is 5.92 Å². The molecule has 3 saturated heterocycles. The maximum absolute atomic E-state index is 12.6. The fourth-order valence-electron chi connectivity index (χ4n) is 3.77. The summed E-state index contributed by atoms with van der Waals surface area (Å²) in [4.78, 5) is 19.7. The van der Waals surface area contributed by atoms with Crippen molar-refractivity contribution in [3.8, 4) is 0 Å². The van der Waals surface area contributed by atoms with Crippen LogP contribution in [0.4, 0.5) is 0 Å². The van der Waals surface area contributed by atoms with Crippen molar-refractivity contribution < 1.29 is 17.8 Å². The van der Waals surface area contributed by atoms with E-state index in [1.807, 2.05) is 0 Å². The van der Waals surface area contributed by atoms with Gasteiger partial charge in [0, 0.05) is 39.8 Å². The molecule has 0 radical (unpaired) electrons. The lowest BCUT2D eigenvalue weighted by Gasteiger charge is -2.44. The van der Waals surface area contributed by atoms with Gasteiger partial charge in [-0.15, -0.1) is 11.3 Å². The van der Waals surface area contributed by atoms with Gasteiger partial charge in [-0.1, -0.05) is 0 Å². The van der Waals surface area contributed by atoms with Gasteiger partial charge in [0.05, 0.1) is 0 Å². The topological polar surface area (TPSA) is 99.6 Å². The van der Waals surface area contributed by atoms with Gasteiger partial charge in [-0.3, -0.25) is 14.3 Å². The van der Waals surface area contributed by atoms with Gasteiger partial charge < -0.3 is 10.2 Å². The molecule has 5 heterocycles. The molecule has 1 unspecified atom stereocenters. The summed E-state index contributed by atoms with van der Waals surface area (Å²) in [6, 6.07) is 1.76. The Bertz CT molecular complexity index is 917. The quantitative estimate of drug-likeness (QED) is 0.779. The Balaban J connectivity index is 1.56. The normalized spacial score (nSPS) is 26.0. The molecule has 1 atom stereocenters. The van der Waals surface area contributed by atoms with Crippen LogP contribution in [0.2, 0.25) is 0 Å². The van der Waals surface area contributed by atoms with Crippen molar-refractivity contribution in [1.29, 1.82) is 0 Å². The summed E-state index contributed by atoms with van der Waals surface area (Å²) in [6.45, 7) is 3.09. The van der Waals surface area contributed by atoms with Gasteiger partial charge in [-0.05, 0) is 37.9 Å². The van der Waals surface area contributed by atoms with Gasteiger partial charge >= 0.3 is 0 Å². The van der Waals surface area contributed by atoms with Crippen LogP contribution in [-0.2, 0) is 15.9 Å². The van der Waals surface area contributed by atoms with E-state index >= 15 is 0 Å². The summed E-state index contributed by atoms with van der Waals surface area (Å²) in [5, 5.41) is 6.28. The maximum atomic E-state index is 12.6. The van der Waals surface area contributed by atoms with E-state index in [0.29, 0.717) is 16.2 Å². The molecule has 0 aromatic carbocycles. The molecule has 7 nitrogen and oxygen atoms in total. The summed E-state index contributed by atoms with van der Waals surface area (Å²) in [7, 11) is -4.12. The van der Waals surface area contributed by atoms with Crippen LogP contribution in [0.5, 0.6) is 0 Å². The molecule has 25 heavy (non-hydrogen) atoms. The van der Waals surface area contributed by atoms with Crippen LogP contribution in [0.25, 0.3) is 10.8 Å². The molecule has 3 fully saturated rings. The zero-order chi connectivity index (χ0) is 17.6. The van der Waals surface area contributed by atoms with Gasteiger partial charge in [0.1, 0.15) is 11.4 Å². The highest BCUT2D eigenvalue weighted by Gasteiger charge is 2.35. The van der Waals surface area contributed by atoms with E-state index in [2.05, 4.69) is 15.2 Å². The second kappa shape index (κ2) is 6.31. The number of nitrogens with one attached hydrogen (secondary N) is 1. The predicted molar refractivity (Wildman–Crippen MR) is 95.3 cm³/mol. The highest BCUT2D eigenvalue weighted by Crippen LogP contribution is 2.29. The number of rotatable bonds is 4. The number of thiophene rings is 1. The largest absolute Gasteiger partial charge is 0.346 e. The standard InChI is InChI=1S/C16H19N3O4S2/c20-16(18-14-7-19-3-1-10(14)2-4-19)13-5-12-11(6-17-13)8-24-15(12)9-25(21,22)23/h5-6,8,10,14H,1-4,7,9H2,(H,18,20)(H,21,22,23). The number of hydrogen-bond acceptors (Lipinski definition) is 6. The smallest absolute Gasteiger partial charge is 0.270 e. The van der Waals surface area contributed by atoms with Crippen molar-refractivity contribution in [3.63, 3.8) is 0 Å². The number of piperidine rings is 3. The first-order chi connectivity index (χ1) is 11.9. The molecule has 0 saturated carbocycles. The number of carbonyl (C=O) groups excluding carboxylic acids is 1. The lowest BCUT2D eigenvalue weighted by molar-refractivity contribution is 0.0618. The first-order valence-electron chi connectivity index (χ1n) is 8.23. The minimum Gasteiger partial charge on any atom is -0.346 e. The summed E-state index contributed by atoms with van der Waals surface area (Å²) in [5.41, 5.74) is 0.277. The number of carbonyl (C=O) groups is 1. The van der Waals surface area contributed by atoms with Gasteiger partial charge in [0.25, 0.3) is 16.0 Å². The van der Waals surface area contributed by atoms with Crippen LogP contribution in [0.15, 0.2) is 17.6 Å². The van der Waals surface area contributed by atoms with E-state index in [4.69, 9.17) is 4.55 Å². The van der Waals surface area contributed by atoms with Crippen molar-refractivity contribution in [3.05, 3.63) is 28.2 Å². The molecular weight excluding hydrogens is 362 g/mol. The molecule has 5 rings (SSSR count). The monoisotopic (exact) mass is 381 g/mol. The number of hydrogen-bond donors (Lipinski definition) is 2. The number of nitrogens with zero attached hydrogens (tertiary/aromatic N) is 2. The van der Waals surface area contributed by atoms with Gasteiger partial charge in [-0.25, -0.2) is 0 Å².